The SMILES string of the molecule is CCOC(=O)C1=C(CNCc2cccc(OC)c2)NC(=O)N[C@H]1CC. The third-order valence-electron chi connectivity index (χ3n) is 3.91. The summed E-state index contributed by atoms with van der Waals surface area (Å²) < 4.78 is 10.3. The normalized spacial score (nSPS) is 16.9. The first-order valence-corrected chi connectivity index (χ1v) is 8.40. The predicted molar refractivity (Wildman–Crippen MR) is 94.1 cm³/mol. The number of hydrogen-bond donors (Lipinski definition) is 3. The van der Waals surface area contributed by atoms with E-state index in [1.165, 1.54) is 0 Å². The topological polar surface area (TPSA) is 88.7 Å². The molecule has 1 atom stereocenters. The largest absolute Gasteiger partial charge is 0.497 e. The number of urea groups is 1. The number of carbonyl (C=O) groups excluding carboxylic acids is 2. The van der Waals surface area contributed by atoms with E-state index >= 15 is 0 Å². The second kappa shape index (κ2) is 9.08. The average molecular weight is 347 g/mol. The lowest BCUT2D eigenvalue weighted by Crippen LogP contribution is -2.51. The second-order valence-corrected chi connectivity index (χ2v) is 5.63. The summed E-state index contributed by atoms with van der Waals surface area (Å²) in [4.78, 5) is 24.1. The van der Waals surface area contributed by atoms with E-state index in [9.17, 15) is 9.59 Å². The summed E-state index contributed by atoms with van der Waals surface area (Å²) in [6.45, 7) is 4.90. The lowest BCUT2D eigenvalue weighted by Gasteiger charge is -2.28. The van der Waals surface area contributed by atoms with Crippen molar-refractivity contribution in [2.75, 3.05) is 20.3 Å². The van der Waals surface area contributed by atoms with Crippen molar-refractivity contribution < 1.29 is 19.1 Å². The average Bonchev–Trinajstić information content (AvgIpc) is 2.61. The van der Waals surface area contributed by atoms with Crippen LogP contribution in [0.25, 0.3) is 0 Å². The van der Waals surface area contributed by atoms with Gasteiger partial charge in [-0.05, 0) is 31.0 Å². The van der Waals surface area contributed by atoms with Crippen LogP contribution in [0.3, 0.4) is 0 Å². The van der Waals surface area contributed by atoms with Gasteiger partial charge in [-0.2, -0.15) is 0 Å². The molecule has 7 nitrogen and oxygen atoms in total. The molecular weight excluding hydrogens is 322 g/mol. The Morgan fingerprint density at radius 2 is 2.08 bits per heavy atom. The van der Waals surface area contributed by atoms with Crippen molar-refractivity contribution in [1.29, 1.82) is 0 Å². The van der Waals surface area contributed by atoms with Crippen molar-refractivity contribution in [2.24, 2.45) is 0 Å². The first-order chi connectivity index (χ1) is 12.1. The molecule has 1 heterocycles. The quantitative estimate of drug-likeness (QED) is 0.623. The van der Waals surface area contributed by atoms with Crippen molar-refractivity contribution in [2.45, 2.75) is 32.9 Å². The minimum absolute atomic E-state index is 0.289. The highest BCUT2D eigenvalue weighted by molar-refractivity contribution is 5.94. The molecule has 3 N–H and O–H groups in total. The van der Waals surface area contributed by atoms with E-state index in [4.69, 9.17) is 9.47 Å². The highest BCUT2D eigenvalue weighted by Crippen LogP contribution is 2.17. The molecule has 1 aliphatic rings. The van der Waals surface area contributed by atoms with Gasteiger partial charge >= 0.3 is 12.0 Å². The van der Waals surface area contributed by atoms with Gasteiger partial charge in [0.2, 0.25) is 0 Å². The molecule has 0 spiro atoms. The van der Waals surface area contributed by atoms with Gasteiger partial charge < -0.3 is 25.4 Å². The van der Waals surface area contributed by atoms with E-state index in [1.807, 2.05) is 31.2 Å². The number of rotatable bonds is 8. The van der Waals surface area contributed by atoms with Crippen LogP contribution in [-0.2, 0) is 16.1 Å². The van der Waals surface area contributed by atoms with Gasteiger partial charge in [0.15, 0.2) is 0 Å². The molecule has 2 amide bonds. The maximum atomic E-state index is 12.3. The van der Waals surface area contributed by atoms with Crippen LogP contribution in [0.4, 0.5) is 4.79 Å². The van der Waals surface area contributed by atoms with Crippen molar-refractivity contribution >= 4 is 12.0 Å². The van der Waals surface area contributed by atoms with Crippen LogP contribution in [0.15, 0.2) is 35.5 Å². The Bertz CT molecular complexity index is 657. The number of ether oxygens (including phenoxy) is 2. The van der Waals surface area contributed by atoms with Gasteiger partial charge in [-0.1, -0.05) is 19.1 Å². The first kappa shape index (κ1) is 18.8. The molecule has 2 rings (SSSR count). The van der Waals surface area contributed by atoms with Crippen LogP contribution >= 0.6 is 0 Å². The van der Waals surface area contributed by atoms with Gasteiger partial charge in [0, 0.05) is 18.8 Å². The van der Waals surface area contributed by atoms with E-state index in [2.05, 4.69) is 16.0 Å². The summed E-state index contributed by atoms with van der Waals surface area (Å²) in [6, 6.07) is 7.05. The van der Waals surface area contributed by atoms with E-state index in [-0.39, 0.29) is 18.7 Å². The first-order valence-electron chi connectivity index (χ1n) is 8.40. The van der Waals surface area contributed by atoms with Crippen LogP contribution in [0.1, 0.15) is 25.8 Å². The summed E-state index contributed by atoms with van der Waals surface area (Å²) in [6.07, 6.45) is 0.612. The minimum atomic E-state index is -0.403. The zero-order valence-corrected chi connectivity index (χ0v) is 14.8. The zero-order chi connectivity index (χ0) is 18.2. The van der Waals surface area contributed by atoms with E-state index < -0.39 is 5.97 Å². The molecule has 136 valence electrons. The Kier molecular flexibility index (Phi) is 6.82. The van der Waals surface area contributed by atoms with E-state index in [0.717, 1.165) is 11.3 Å². The molecule has 25 heavy (non-hydrogen) atoms. The Morgan fingerprint density at radius 3 is 2.76 bits per heavy atom. The number of benzene rings is 1. The Morgan fingerprint density at radius 1 is 1.28 bits per heavy atom. The zero-order valence-electron chi connectivity index (χ0n) is 14.8. The molecule has 0 aliphatic carbocycles. The molecule has 1 aromatic rings. The molecule has 0 saturated carbocycles. The van der Waals surface area contributed by atoms with Crippen LogP contribution in [0.5, 0.6) is 5.75 Å². The molecule has 7 heteroatoms. The van der Waals surface area contributed by atoms with Crippen molar-refractivity contribution in [3.63, 3.8) is 0 Å². The molecule has 0 fully saturated rings. The summed E-state index contributed by atoms with van der Waals surface area (Å²) in [5.74, 6) is 0.381. The number of esters is 1. The smallest absolute Gasteiger partial charge is 0.337 e. The molecule has 0 aromatic heterocycles. The molecule has 0 saturated heterocycles. The van der Waals surface area contributed by atoms with Crippen molar-refractivity contribution in [1.82, 2.24) is 16.0 Å². The Balaban J connectivity index is 2.11. The number of nitrogens with one attached hydrogen (secondary N) is 3. The van der Waals surface area contributed by atoms with E-state index in [0.29, 0.717) is 30.8 Å². The maximum Gasteiger partial charge on any atom is 0.337 e. The fourth-order valence-corrected chi connectivity index (χ4v) is 2.72. The summed E-state index contributed by atoms with van der Waals surface area (Å²) in [7, 11) is 1.62. The third-order valence-corrected chi connectivity index (χ3v) is 3.91. The molecular formula is C18H25N3O4. The number of hydrogen-bond acceptors (Lipinski definition) is 5. The summed E-state index contributed by atoms with van der Waals surface area (Å²) in [5.41, 5.74) is 2.07. The summed E-state index contributed by atoms with van der Waals surface area (Å²) in [5, 5.41) is 8.73. The minimum Gasteiger partial charge on any atom is -0.497 e. The number of methoxy groups -OCH3 is 1. The van der Waals surface area contributed by atoms with Crippen LogP contribution in [-0.4, -0.2) is 38.3 Å². The van der Waals surface area contributed by atoms with Gasteiger partial charge in [0.1, 0.15) is 5.75 Å². The highest BCUT2D eigenvalue weighted by atomic mass is 16.5. The van der Waals surface area contributed by atoms with Gasteiger partial charge in [-0.25, -0.2) is 9.59 Å². The van der Waals surface area contributed by atoms with Gasteiger partial charge in [0.25, 0.3) is 0 Å². The Hall–Kier alpha value is -2.54. The Labute approximate surface area is 147 Å². The lowest BCUT2D eigenvalue weighted by atomic mass is 10.00. The third kappa shape index (κ3) is 4.96. The molecule has 1 aliphatic heterocycles. The number of amides is 2. The monoisotopic (exact) mass is 347 g/mol. The van der Waals surface area contributed by atoms with Gasteiger partial charge in [-0.15, -0.1) is 0 Å². The van der Waals surface area contributed by atoms with E-state index in [1.54, 1.807) is 14.0 Å². The fraction of sp³-hybridized carbons (Fsp3) is 0.444. The lowest BCUT2D eigenvalue weighted by molar-refractivity contribution is -0.139. The second-order valence-electron chi connectivity index (χ2n) is 5.63. The van der Waals surface area contributed by atoms with Crippen LogP contribution in [0.2, 0.25) is 0 Å². The molecule has 1 aromatic carbocycles. The summed E-state index contributed by atoms with van der Waals surface area (Å²) >= 11 is 0. The van der Waals surface area contributed by atoms with Gasteiger partial charge in [0.05, 0.1) is 25.3 Å². The van der Waals surface area contributed by atoms with Crippen LogP contribution < -0.4 is 20.7 Å². The molecule has 0 bridgehead atoms. The van der Waals surface area contributed by atoms with Crippen molar-refractivity contribution in [3.05, 3.63) is 41.1 Å². The highest BCUT2D eigenvalue weighted by Gasteiger charge is 2.31. The number of carbonyl (C=O) groups is 2. The standard InChI is InChI=1S/C18H25N3O4/c1-4-14-16(17(22)25-5-2)15(21-18(23)20-14)11-19-10-12-7-6-8-13(9-12)24-3/h6-9,14,19H,4-5,10-11H2,1-3H3,(H2,20,21,23)/t14-/m0/s1. The van der Waals surface area contributed by atoms with Gasteiger partial charge in [-0.3, -0.25) is 0 Å². The predicted octanol–water partition coefficient (Wildman–Crippen LogP) is 1.69. The molecule has 0 radical (unpaired) electrons. The fourth-order valence-electron chi connectivity index (χ4n) is 2.72. The van der Waals surface area contributed by atoms with Crippen LogP contribution in [0, 0.1) is 0 Å². The molecule has 0 unspecified atom stereocenters. The van der Waals surface area contributed by atoms with Crippen molar-refractivity contribution in [3.8, 4) is 5.75 Å². The maximum absolute atomic E-state index is 12.3.